The molecule has 66 valence electrons. The Hall–Kier alpha value is -0.330. The first-order valence-corrected chi connectivity index (χ1v) is 4.72. The summed E-state index contributed by atoms with van der Waals surface area (Å²) in [6.07, 6.45) is 1.99. The summed E-state index contributed by atoms with van der Waals surface area (Å²) < 4.78 is 8.88. The van der Waals surface area contributed by atoms with Gasteiger partial charge in [-0.25, -0.2) is 4.57 Å². The van der Waals surface area contributed by atoms with E-state index in [1.54, 1.807) is 0 Å². The van der Waals surface area contributed by atoms with Crippen LogP contribution in [0.25, 0.3) is 0 Å². The lowest BCUT2D eigenvalue weighted by Crippen LogP contribution is -1.66. The Morgan fingerprint density at radius 1 is 1.09 bits per heavy atom. The van der Waals surface area contributed by atoms with Crippen LogP contribution >= 0.6 is 7.82 Å². The smallest absolute Gasteiger partial charge is 0.303 e. The fourth-order valence-electron chi connectivity index (χ4n) is 0.250. The summed E-state index contributed by atoms with van der Waals surface area (Å²) >= 11 is 0. The molecule has 0 rings (SSSR count). The molecule has 0 heterocycles. The van der Waals surface area contributed by atoms with Gasteiger partial charge in [0, 0.05) is 12.8 Å². The maximum absolute atomic E-state index is 8.88. The highest BCUT2D eigenvalue weighted by molar-refractivity contribution is 7.45. The second-order valence-electron chi connectivity index (χ2n) is 1.57. The average Bonchev–Trinajstić information content (AvgIpc) is 1.79. The zero-order valence-electron chi connectivity index (χ0n) is 6.61. The van der Waals surface area contributed by atoms with E-state index < -0.39 is 7.82 Å². The normalized spacial score (nSPS) is 8.82. The van der Waals surface area contributed by atoms with Gasteiger partial charge in [0.2, 0.25) is 0 Å². The first kappa shape index (κ1) is 13.3. The Bertz CT molecular complexity index is 156. The van der Waals surface area contributed by atoms with E-state index in [4.69, 9.17) is 19.2 Å². The molecule has 4 nitrogen and oxygen atoms in total. The highest BCUT2D eigenvalue weighted by atomic mass is 31.2. The second kappa shape index (κ2) is 7.77. The van der Waals surface area contributed by atoms with Crippen LogP contribution in [0, 0.1) is 11.8 Å². The van der Waals surface area contributed by atoms with Crippen LogP contribution in [-0.2, 0) is 4.57 Å². The largest absolute Gasteiger partial charge is 0.466 e. The first-order chi connectivity index (χ1) is 4.91. The third-order valence-corrected chi connectivity index (χ3v) is 0.479. The molecule has 3 N–H and O–H groups in total. The van der Waals surface area contributed by atoms with Crippen LogP contribution in [0.2, 0.25) is 0 Å². The molecule has 0 aromatic rings. The van der Waals surface area contributed by atoms with Gasteiger partial charge in [0.1, 0.15) is 0 Å². The van der Waals surface area contributed by atoms with Crippen LogP contribution in [0.1, 0.15) is 26.7 Å². The van der Waals surface area contributed by atoms with Crippen molar-refractivity contribution in [3.63, 3.8) is 0 Å². The van der Waals surface area contributed by atoms with Gasteiger partial charge < -0.3 is 14.7 Å². The summed E-state index contributed by atoms with van der Waals surface area (Å²) in [6.45, 7) is 4.12. The molecular weight excluding hydrogens is 167 g/mol. The van der Waals surface area contributed by atoms with Crippen LogP contribution < -0.4 is 0 Å². The molecule has 0 saturated carbocycles. The Labute approximate surface area is 66.5 Å². The highest BCUT2D eigenvalue weighted by Crippen LogP contribution is 2.25. The topological polar surface area (TPSA) is 77.8 Å². The van der Waals surface area contributed by atoms with E-state index in [0.29, 0.717) is 0 Å². The van der Waals surface area contributed by atoms with Gasteiger partial charge in [-0.15, -0.1) is 11.8 Å². The summed E-state index contributed by atoms with van der Waals surface area (Å²) in [4.78, 5) is 21.6. The van der Waals surface area contributed by atoms with Gasteiger partial charge in [-0.2, -0.15) is 0 Å². The fraction of sp³-hybridized carbons (Fsp3) is 0.667. The van der Waals surface area contributed by atoms with Crippen molar-refractivity contribution in [2.24, 2.45) is 0 Å². The molecule has 0 atom stereocenters. The fourth-order valence-corrected chi connectivity index (χ4v) is 0.250. The van der Waals surface area contributed by atoms with Crippen LogP contribution in [0.15, 0.2) is 0 Å². The maximum Gasteiger partial charge on any atom is 0.466 e. The molecule has 0 saturated heterocycles. The zero-order valence-corrected chi connectivity index (χ0v) is 7.51. The molecule has 0 amide bonds. The van der Waals surface area contributed by atoms with E-state index in [2.05, 4.69) is 25.7 Å². The van der Waals surface area contributed by atoms with E-state index in [0.717, 1.165) is 12.8 Å². The summed E-state index contributed by atoms with van der Waals surface area (Å²) in [5.41, 5.74) is 0. The SMILES string of the molecule is CCC#CCC.O=P(O)(O)O. The number of phosphoric acid groups is 1. The van der Waals surface area contributed by atoms with Gasteiger partial charge in [-0.3, -0.25) is 0 Å². The summed E-state index contributed by atoms with van der Waals surface area (Å²) in [5, 5.41) is 0. The van der Waals surface area contributed by atoms with Gasteiger partial charge >= 0.3 is 7.82 Å². The molecule has 0 fully saturated rings. The minimum atomic E-state index is -4.64. The average molecular weight is 180 g/mol. The predicted octanol–water partition coefficient (Wildman–Crippen LogP) is 0.881. The van der Waals surface area contributed by atoms with Crippen molar-refractivity contribution >= 4 is 7.82 Å². The Kier molecular flexibility index (Phi) is 9.38. The van der Waals surface area contributed by atoms with Crippen LogP contribution in [0.4, 0.5) is 0 Å². The molecule has 11 heavy (non-hydrogen) atoms. The standard InChI is InChI=1S/C6H10.H3O4P/c1-3-5-6-4-2;1-5(2,3)4/h3-4H2,1-2H3;(H3,1,2,3,4). The molecule has 0 aliphatic heterocycles. The van der Waals surface area contributed by atoms with Crippen molar-refractivity contribution in [3.8, 4) is 11.8 Å². The highest BCUT2D eigenvalue weighted by Gasteiger charge is 2.00. The lowest BCUT2D eigenvalue weighted by atomic mass is 10.4. The second-order valence-corrected chi connectivity index (χ2v) is 2.60. The Morgan fingerprint density at radius 3 is 1.36 bits per heavy atom. The molecule has 0 spiro atoms. The lowest BCUT2D eigenvalue weighted by molar-refractivity contribution is 0.275. The van der Waals surface area contributed by atoms with Gasteiger partial charge in [0.15, 0.2) is 0 Å². The van der Waals surface area contributed by atoms with Crippen molar-refractivity contribution in [2.45, 2.75) is 26.7 Å². The van der Waals surface area contributed by atoms with E-state index in [1.807, 2.05) is 0 Å². The molecule has 0 bridgehead atoms. The van der Waals surface area contributed by atoms with Gasteiger partial charge in [-0.1, -0.05) is 13.8 Å². The molecule has 0 aromatic heterocycles. The van der Waals surface area contributed by atoms with Crippen molar-refractivity contribution in [1.82, 2.24) is 0 Å². The summed E-state index contributed by atoms with van der Waals surface area (Å²) in [5.74, 6) is 5.90. The molecule has 0 radical (unpaired) electrons. The number of hydrogen-bond donors (Lipinski definition) is 3. The van der Waals surface area contributed by atoms with Gasteiger partial charge in [0.05, 0.1) is 0 Å². The van der Waals surface area contributed by atoms with Gasteiger partial charge in [-0.05, 0) is 0 Å². The van der Waals surface area contributed by atoms with E-state index in [9.17, 15) is 0 Å². The summed E-state index contributed by atoms with van der Waals surface area (Å²) in [7, 11) is -4.64. The molecule has 0 unspecified atom stereocenters. The Morgan fingerprint density at radius 2 is 1.27 bits per heavy atom. The monoisotopic (exact) mass is 180 g/mol. The van der Waals surface area contributed by atoms with Crippen molar-refractivity contribution < 1.29 is 19.2 Å². The first-order valence-electron chi connectivity index (χ1n) is 3.15. The zero-order chi connectivity index (χ0) is 9.33. The van der Waals surface area contributed by atoms with Crippen molar-refractivity contribution in [3.05, 3.63) is 0 Å². The van der Waals surface area contributed by atoms with Crippen LogP contribution in [-0.4, -0.2) is 14.7 Å². The molecular formula is C6H13O4P. The predicted molar refractivity (Wildman–Crippen MR) is 42.6 cm³/mol. The Balaban J connectivity index is 0. The van der Waals surface area contributed by atoms with Crippen molar-refractivity contribution in [1.29, 1.82) is 0 Å². The third kappa shape index (κ3) is 79.8. The van der Waals surface area contributed by atoms with E-state index in [1.165, 1.54) is 0 Å². The van der Waals surface area contributed by atoms with Crippen molar-refractivity contribution in [2.75, 3.05) is 0 Å². The molecule has 0 aliphatic rings. The molecule has 0 aromatic carbocycles. The molecule has 5 heteroatoms. The quantitative estimate of drug-likeness (QED) is 0.382. The number of rotatable bonds is 0. The maximum atomic E-state index is 8.88. The van der Waals surface area contributed by atoms with E-state index >= 15 is 0 Å². The third-order valence-electron chi connectivity index (χ3n) is 0.479. The minimum Gasteiger partial charge on any atom is -0.303 e. The summed E-state index contributed by atoms with van der Waals surface area (Å²) in [6, 6.07) is 0. The minimum absolute atomic E-state index is 0.994. The van der Waals surface area contributed by atoms with Crippen LogP contribution in [0.3, 0.4) is 0 Å². The molecule has 0 aliphatic carbocycles. The van der Waals surface area contributed by atoms with E-state index in [-0.39, 0.29) is 0 Å². The van der Waals surface area contributed by atoms with Crippen LogP contribution in [0.5, 0.6) is 0 Å². The number of hydrogen-bond acceptors (Lipinski definition) is 1. The van der Waals surface area contributed by atoms with Gasteiger partial charge in [0.25, 0.3) is 0 Å². The lowest BCUT2D eigenvalue weighted by Gasteiger charge is -1.82.